The number of phenolic OH excluding ortho intramolecular Hbond substituents is 1. The smallest absolute Gasteiger partial charge is 0.251 e. The molecule has 0 heterocycles. The summed E-state index contributed by atoms with van der Waals surface area (Å²) in [5.41, 5.74) is 3.34. The van der Waals surface area contributed by atoms with Gasteiger partial charge in [0, 0.05) is 18.5 Å². The molecule has 0 atom stereocenters. The summed E-state index contributed by atoms with van der Waals surface area (Å²) >= 11 is 11.7. The number of benzene rings is 2. The molecule has 0 unspecified atom stereocenters. The van der Waals surface area contributed by atoms with Crippen LogP contribution in [0.25, 0.3) is 0 Å². The maximum Gasteiger partial charge on any atom is 0.251 e. The van der Waals surface area contributed by atoms with E-state index in [0.29, 0.717) is 21.9 Å². The third-order valence-corrected chi connectivity index (χ3v) is 4.17. The highest BCUT2D eigenvalue weighted by Gasteiger charge is 2.08. The molecule has 2 aromatic rings. The third kappa shape index (κ3) is 6.16. The number of nitrogens with zero attached hydrogens (tertiary/aromatic N) is 1. The second kappa shape index (κ2) is 9.80. The lowest BCUT2D eigenvalue weighted by Gasteiger charge is -2.06. The Labute approximate surface area is 165 Å². The van der Waals surface area contributed by atoms with E-state index in [1.807, 2.05) is 0 Å². The van der Waals surface area contributed by atoms with E-state index in [2.05, 4.69) is 15.8 Å². The first-order valence-corrected chi connectivity index (χ1v) is 8.58. The van der Waals surface area contributed by atoms with Crippen molar-refractivity contribution in [3.05, 3.63) is 57.6 Å². The van der Waals surface area contributed by atoms with Crippen LogP contribution in [0.1, 0.15) is 22.3 Å². The van der Waals surface area contributed by atoms with Gasteiger partial charge in [-0.15, -0.1) is 0 Å². The van der Waals surface area contributed by atoms with Gasteiger partial charge in [0.15, 0.2) is 11.5 Å². The molecule has 0 saturated heterocycles. The number of ether oxygens (including phenoxy) is 1. The van der Waals surface area contributed by atoms with Crippen molar-refractivity contribution in [3.63, 3.8) is 0 Å². The minimum atomic E-state index is -0.369. The Balaban J connectivity index is 1.77. The zero-order valence-electron chi connectivity index (χ0n) is 14.3. The third-order valence-electron chi connectivity index (χ3n) is 3.43. The topological polar surface area (TPSA) is 100 Å². The lowest BCUT2D eigenvalue weighted by Crippen LogP contribution is -2.29. The van der Waals surface area contributed by atoms with Crippen LogP contribution in [0.5, 0.6) is 11.5 Å². The van der Waals surface area contributed by atoms with Crippen LogP contribution in [-0.4, -0.2) is 36.8 Å². The summed E-state index contributed by atoms with van der Waals surface area (Å²) in [7, 11) is 1.43. The number of carbonyl (C=O) groups is 2. The summed E-state index contributed by atoms with van der Waals surface area (Å²) in [5.74, 6) is -0.417. The molecule has 3 N–H and O–H groups in total. The molecular weight excluding hydrogens is 393 g/mol. The zero-order chi connectivity index (χ0) is 19.8. The minimum Gasteiger partial charge on any atom is -0.504 e. The van der Waals surface area contributed by atoms with Crippen LogP contribution < -0.4 is 15.5 Å². The summed E-state index contributed by atoms with van der Waals surface area (Å²) in [5, 5.41) is 16.6. The average Bonchev–Trinajstić information content (AvgIpc) is 2.65. The van der Waals surface area contributed by atoms with Crippen LogP contribution >= 0.6 is 23.2 Å². The fourth-order valence-corrected chi connectivity index (χ4v) is 2.34. The molecule has 0 spiro atoms. The number of carbonyl (C=O) groups excluding carboxylic acids is 2. The lowest BCUT2D eigenvalue weighted by atomic mass is 10.2. The fourth-order valence-electron chi connectivity index (χ4n) is 2.04. The number of hydrogen-bond acceptors (Lipinski definition) is 5. The van der Waals surface area contributed by atoms with Crippen molar-refractivity contribution < 1.29 is 19.4 Å². The van der Waals surface area contributed by atoms with Crippen molar-refractivity contribution in [2.24, 2.45) is 5.10 Å². The Bertz CT molecular complexity index is 872. The van der Waals surface area contributed by atoms with E-state index >= 15 is 0 Å². The number of rotatable bonds is 7. The molecule has 7 nitrogen and oxygen atoms in total. The van der Waals surface area contributed by atoms with Gasteiger partial charge in [-0.1, -0.05) is 23.2 Å². The molecule has 9 heteroatoms. The van der Waals surface area contributed by atoms with E-state index in [4.69, 9.17) is 27.9 Å². The van der Waals surface area contributed by atoms with Crippen LogP contribution in [0.3, 0.4) is 0 Å². The number of aromatic hydroxyl groups is 1. The molecule has 0 aliphatic heterocycles. The molecule has 0 aromatic heterocycles. The van der Waals surface area contributed by atoms with Gasteiger partial charge in [0.05, 0.1) is 23.4 Å². The second-order valence-electron chi connectivity index (χ2n) is 5.36. The number of halogens is 2. The molecular formula is C18H17Cl2N3O4. The first-order chi connectivity index (χ1) is 12.9. The van der Waals surface area contributed by atoms with Crippen LogP contribution in [0, 0.1) is 0 Å². The maximum atomic E-state index is 12.0. The van der Waals surface area contributed by atoms with Crippen molar-refractivity contribution in [3.8, 4) is 11.5 Å². The van der Waals surface area contributed by atoms with Crippen molar-refractivity contribution in [1.82, 2.24) is 10.7 Å². The SMILES string of the molecule is COc1cc(/C=N/NC(=O)CCNC(=O)c2ccc(Cl)c(Cl)c2)ccc1O. The number of phenols is 1. The molecule has 0 aliphatic carbocycles. The largest absolute Gasteiger partial charge is 0.504 e. The van der Waals surface area contributed by atoms with Gasteiger partial charge in [0.2, 0.25) is 5.91 Å². The maximum absolute atomic E-state index is 12.0. The zero-order valence-corrected chi connectivity index (χ0v) is 15.8. The highest BCUT2D eigenvalue weighted by molar-refractivity contribution is 6.42. The molecule has 0 radical (unpaired) electrons. The van der Waals surface area contributed by atoms with Gasteiger partial charge >= 0.3 is 0 Å². The fraction of sp³-hybridized carbons (Fsp3) is 0.167. The van der Waals surface area contributed by atoms with Gasteiger partial charge in [0.1, 0.15) is 0 Å². The molecule has 142 valence electrons. The van der Waals surface area contributed by atoms with Crippen molar-refractivity contribution in [1.29, 1.82) is 0 Å². The molecule has 0 bridgehead atoms. The Morgan fingerprint density at radius 2 is 1.96 bits per heavy atom. The minimum absolute atomic E-state index is 0.0106. The Kier molecular flexibility index (Phi) is 7.45. The van der Waals surface area contributed by atoms with E-state index in [-0.39, 0.29) is 35.6 Å². The predicted molar refractivity (Wildman–Crippen MR) is 104 cm³/mol. The Morgan fingerprint density at radius 1 is 1.19 bits per heavy atom. The van der Waals surface area contributed by atoms with Gasteiger partial charge in [-0.2, -0.15) is 5.10 Å². The number of hydrazone groups is 1. The van der Waals surface area contributed by atoms with Gasteiger partial charge < -0.3 is 15.2 Å². The summed E-state index contributed by atoms with van der Waals surface area (Å²) in [6, 6.07) is 9.17. The Hall–Kier alpha value is -2.77. The van der Waals surface area contributed by atoms with Gasteiger partial charge in [-0.3, -0.25) is 9.59 Å². The van der Waals surface area contributed by atoms with E-state index < -0.39 is 0 Å². The summed E-state index contributed by atoms with van der Waals surface area (Å²) in [6.07, 6.45) is 1.46. The first-order valence-electron chi connectivity index (χ1n) is 7.83. The molecule has 2 rings (SSSR count). The summed E-state index contributed by atoms with van der Waals surface area (Å²) < 4.78 is 4.98. The second-order valence-corrected chi connectivity index (χ2v) is 6.17. The first kappa shape index (κ1) is 20.5. The standard InChI is InChI=1S/C18H17Cl2N3O4/c1-27-16-8-11(2-5-15(16)24)10-22-23-17(25)6-7-21-18(26)12-3-4-13(19)14(20)9-12/h2-5,8-10,24H,6-7H2,1H3,(H,21,26)(H,23,25)/b22-10+. The van der Waals surface area contributed by atoms with Crippen molar-refractivity contribution in [2.75, 3.05) is 13.7 Å². The van der Waals surface area contributed by atoms with E-state index in [0.717, 1.165) is 0 Å². The van der Waals surface area contributed by atoms with Crippen LogP contribution in [0.4, 0.5) is 0 Å². The normalized spacial score (nSPS) is 10.6. The van der Waals surface area contributed by atoms with E-state index in [1.54, 1.807) is 18.2 Å². The average molecular weight is 410 g/mol. The van der Waals surface area contributed by atoms with Crippen LogP contribution in [-0.2, 0) is 4.79 Å². The van der Waals surface area contributed by atoms with Crippen LogP contribution in [0.15, 0.2) is 41.5 Å². The monoisotopic (exact) mass is 409 g/mol. The lowest BCUT2D eigenvalue weighted by molar-refractivity contribution is -0.120. The number of methoxy groups -OCH3 is 1. The number of hydrogen-bond donors (Lipinski definition) is 3. The van der Waals surface area contributed by atoms with E-state index in [9.17, 15) is 14.7 Å². The van der Waals surface area contributed by atoms with E-state index in [1.165, 1.54) is 31.5 Å². The quantitative estimate of drug-likeness (QED) is 0.483. The Morgan fingerprint density at radius 3 is 2.67 bits per heavy atom. The summed E-state index contributed by atoms with van der Waals surface area (Å²) in [4.78, 5) is 23.7. The molecule has 0 fully saturated rings. The summed E-state index contributed by atoms with van der Waals surface area (Å²) in [6.45, 7) is 0.132. The molecule has 0 saturated carbocycles. The van der Waals surface area contributed by atoms with Gasteiger partial charge in [-0.25, -0.2) is 5.43 Å². The highest BCUT2D eigenvalue weighted by atomic mass is 35.5. The molecule has 27 heavy (non-hydrogen) atoms. The predicted octanol–water partition coefficient (Wildman–Crippen LogP) is 2.98. The van der Waals surface area contributed by atoms with Gasteiger partial charge in [0.25, 0.3) is 5.91 Å². The number of nitrogens with one attached hydrogen (secondary N) is 2. The van der Waals surface area contributed by atoms with Crippen molar-refractivity contribution >= 4 is 41.2 Å². The van der Waals surface area contributed by atoms with Crippen molar-refractivity contribution in [2.45, 2.75) is 6.42 Å². The molecule has 2 amide bonds. The van der Waals surface area contributed by atoms with Crippen LogP contribution in [0.2, 0.25) is 10.0 Å². The number of amides is 2. The molecule has 0 aliphatic rings. The van der Waals surface area contributed by atoms with Gasteiger partial charge in [-0.05, 0) is 42.0 Å². The molecule has 2 aromatic carbocycles. The highest BCUT2D eigenvalue weighted by Crippen LogP contribution is 2.25.